The van der Waals surface area contributed by atoms with Crippen molar-refractivity contribution in [2.75, 3.05) is 13.2 Å². The Morgan fingerprint density at radius 2 is 0.600 bits per heavy atom. The second-order valence-electron chi connectivity index (χ2n) is 17.2. The van der Waals surface area contributed by atoms with E-state index >= 15 is 0 Å². The van der Waals surface area contributed by atoms with Crippen molar-refractivity contribution in [1.29, 1.82) is 0 Å². The number of rotatable bonds is 44. The molecular formula is C49H94O6. The SMILES string of the molecule is CCCCCCCCCCCCCCCC(=O)O[C@@H](COC(=O)CCCCCCCCCCCCC)COC(=O)CCCCCCCCCCCCC(C)C. The summed E-state index contributed by atoms with van der Waals surface area (Å²) in [5.41, 5.74) is 0. The van der Waals surface area contributed by atoms with Crippen molar-refractivity contribution in [1.82, 2.24) is 0 Å². The van der Waals surface area contributed by atoms with Crippen LogP contribution in [0.25, 0.3) is 0 Å². The minimum absolute atomic E-state index is 0.0633. The van der Waals surface area contributed by atoms with E-state index in [9.17, 15) is 14.4 Å². The molecule has 0 amide bonds. The number of carbonyl (C=O) groups excluding carboxylic acids is 3. The standard InChI is InChI=1S/C49H94O6/c1-5-7-9-11-13-15-17-18-20-26-30-34-38-42-49(52)55-46(43-53-47(50)40-36-32-28-24-19-16-14-12-10-8-6-2)44-54-48(51)41-37-33-29-25-22-21-23-27-31-35-39-45(3)4/h45-46H,5-44H2,1-4H3/t46-/m0/s1. The molecule has 0 N–H and O–H groups in total. The fraction of sp³-hybridized carbons (Fsp3) is 0.939. The molecule has 6 heteroatoms. The number of unbranched alkanes of at least 4 members (excludes halogenated alkanes) is 31. The van der Waals surface area contributed by atoms with Gasteiger partial charge in [0.2, 0.25) is 0 Å². The van der Waals surface area contributed by atoms with Gasteiger partial charge in [0.05, 0.1) is 0 Å². The van der Waals surface area contributed by atoms with Gasteiger partial charge in [-0.1, -0.05) is 233 Å². The van der Waals surface area contributed by atoms with Crippen LogP contribution in [0.3, 0.4) is 0 Å². The number of hydrogen-bond donors (Lipinski definition) is 0. The summed E-state index contributed by atoms with van der Waals surface area (Å²) in [6.07, 6.45) is 43.7. The van der Waals surface area contributed by atoms with Gasteiger partial charge in [-0.3, -0.25) is 14.4 Å². The van der Waals surface area contributed by atoms with Gasteiger partial charge in [0.1, 0.15) is 13.2 Å². The minimum atomic E-state index is -0.759. The summed E-state index contributed by atoms with van der Waals surface area (Å²) in [6, 6.07) is 0. The van der Waals surface area contributed by atoms with Crippen molar-refractivity contribution in [2.45, 2.75) is 278 Å². The summed E-state index contributed by atoms with van der Waals surface area (Å²) in [6.45, 7) is 8.99. The van der Waals surface area contributed by atoms with E-state index in [-0.39, 0.29) is 31.1 Å². The molecular weight excluding hydrogens is 685 g/mol. The third-order valence-corrected chi connectivity index (χ3v) is 11.0. The second kappa shape index (κ2) is 43.5. The molecule has 6 nitrogen and oxygen atoms in total. The van der Waals surface area contributed by atoms with Gasteiger partial charge in [0.25, 0.3) is 0 Å². The van der Waals surface area contributed by atoms with Gasteiger partial charge < -0.3 is 14.2 Å². The smallest absolute Gasteiger partial charge is 0.306 e. The third kappa shape index (κ3) is 43.4. The molecule has 0 saturated carbocycles. The van der Waals surface area contributed by atoms with E-state index in [2.05, 4.69) is 27.7 Å². The first-order chi connectivity index (χ1) is 26.9. The molecule has 0 rings (SSSR count). The van der Waals surface area contributed by atoms with Gasteiger partial charge in [-0.2, -0.15) is 0 Å². The molecule has 0 unspecified atom stereocenters. The lowest BCUT2D eigenvalue weighted by atomic mass is 10.0. The van der Waals surface area contributed by atoms with Crippen LogP contribution in [-0.4, -0.2) is 37.2 Å². The Bertz CT molecular complexity index is 826. The molecule has 0 radical (unpaired) electrons. The zero-order valence-corrected chi connectivity index (χ0v) is 37.4. The molecule has 326 valence electrons. The van der Waals surface area contributed by atoms with Crippen LogP contribution < -0.4 is 0 Å². The van der Waals surface area contributed by atoms with Gasteiger partial charge in [0, 0.05) is 19.3 Å². The van der Waals surface area contributed by atoms with Crippen molar-refractivity contribution in [3.8, 4) is 0 Å². The summed E-state index contributed by atoms with van der Waals surface area (Å²) in [7, 11) is 0. The molecule has 0 aliphatic rings. The lowest BCUT2D eigenvalue weighted by Gasteiger charge is -2.18. The van der Waals surface area contributed by atoms with Gasteiger partial charge in [-0.15, -0.1) is 0 Å². The maximum absolute atomic E-state index is 12.7. The molecule has 0 saturated heterocycles. The van der Waals surface area contributed by atoms with E-state index in [1.807, 2.05) is 0 Å². The van der Waals surface area contributed by atoms with Crippen LogP contribution in [0, 0.1) is 5.92 Å². The van der Waals surface area contributed by atoms with Crippen molar-refractivity contribution in [2.24, 2.45) is 5.92 Å². The molecule has 0 bridgehead atoms. The van der Waals surface area contributed by atoms with E-state index in [1.54, 1.807) is 0 Å². The molecule has 0 aromatic rings. The topological polar surface area (TPSA) is 78.9 Å². The first kappa shape index (κ1) is 53.4. The molecule has 0 aromatic carbocycles. The summed E-state index contributed by atoms with van der Waals surface area (Å²) in [5, 5.41) is 0. The summed E-state index contributed by atoms with van der Waals surface area (Å²) < 4.78 is 16.8. The average molecular weight is 779 g/mol. The minimum Gasteiger partial charge on any atom is -0.462 e. The second-order valence-corrected chi connectivity index (χ2v) is 17.2. The number of esters is 3. The zero-order chi connectivity index (χ0) is 40.3. The van der Waals surface area contributed by atoms with Gasteiger partial charge >= 0.3 is 17.9 Å². The predicted octanol–water partition coefficient (Wildman–Crippen LogP) is 15.5. The van der Waals surface area contributed by atoms with Gasteiger partial charge in [-0.25, -0.2) is 0 Å². The highest BCUT2D eigenvalue weighted by atomic mass is 16.6. The highest BCUT2D eigenvalue weighted by Gasteiger charge is 2.19. The van der Waals surface area contributed by atoms with Crippen LogP contribution in [0.1, 0.15) is 272 Å². The normalized spacial score (nSPS) is 11.9. The maximum atomic E-state index is 12.7. The van der Waals surface area contributed by atoms with Crippen molar-refractivity contribution >= 4 is 17.9 Å². The van der Waals surface area contributed by atoms with E-state index in [4.69, 9.17) is 14.2 Å². The Morgan fingerprint density at radius 1 is 0.345 bits per heavy atom. The Kier molecular flexibility index (Phi) is 42.3. The van der Waals surface area contributed by atoms with Gasteiger partial charge in [-0.05, 0) is 25.2 Å². The van der Waals surface area contributed by atoms with Crippen LogP contribution in [0.15, 0.2) is 0 Å². The summed E-state index contributed by atoms with van der Waals surface area (Å²) in [5.74, 6) is -0.0309. The van der Waals surface area contributed by atoms with Crippen LogP contribution in [0.5, 0.6) is 0 Å². The number of ether oxygens (including phenoxy) is 3. The van der Waals surface area contributed by atoms with E-state index < -0.39 is 6.10 Å². The maximum Gasteiger partial charge on any atom is 0.306 e. The lowest BCUT2D eigenvalue weighted by molar-refractivity contribution is -0.167. The summed E-state index contributed by atoms with van der Waals surface area (Å²) in [4.78, 5) is 37.8. The average Bonchev–Trinajstić information content (AvgIpc) is 3.17. The predicted molar refractivity (Wildman–Crippen MR) is 233 cm³/mol. The molecule has 0 heterocycles. The zero-order valence-electron chi connectivity index (χ0n) is 37.4. The van der Waals surface area contributed by atoms with Crippen LogP contribution in [0.2, 0.25) is 0 Å². The number of hydrogen-bond acceptors (Lipinski definition) is 6. The van der Waals surface area contributed by atoms with Crippen molar-refractivity contribution in [3.05, 3.63) is 0 Å². The monoisotopic (exact) mass is 779 g/mol. The first-order valence-electron chi connectivity index (χ1n) is 24.4. The Hall–Kier alpha value is -1.59. The Morgan fingerprint density at radius 3 is 0.891 bits per heavy atom. The summed E-state index contributed by atoms with van der Waals surface area (Å²) >= 11 is 0. The van der Waals surface area contributed by atoms with Crippen LogP contribution in [0.4, 0.5) is 0 Å². The number of carbonyl (C=O) groups is 3. The van der Waals surface area contributed by atoms with Crippen LogP contribution in [-0.2, 0) is 28.6 Å². The highest BCUT2D eigenvalue weighted by molar-refractivity contribution is 5.71. The van der Waals surface area contributed by atoms with Crippen LogP contribution >= 0.6 is 0 Å². The lowest BCUT2D eigenvalue weighted by Crippen LogP contribution is -2.30. The Balaban J connectivity index is 4.32. The molecule has 0 aliphatic carbocycles. The molecule has 0 spiro atoms. The van der Waals surface area contributed by atoms with Gasteiger partial charge in [0.15, 0.2) is 6.10 Å². The van der Waals surface area contributed by atoms with Crippen molar-refractivity contribution < 1.29 is 28.6 Å². The third-order valence-electron chi connectivity index (χ3n) is 11.0. The van der Waals surface area contributed by atoms with E-state index in [0.717, 1.165) is 63.7 Å². The Labute approximate surface area is 342 Å². The largest absolute Gasteiger partial charge is 0.462 e. The fourth-order valence-electron chi connectivity index (χ4n) is 7.33. The molecule has 0 aliphatic heterocycles. The van der Waals surface area contributed by atoms with E-state index in [1.165, 1.54) is 167 Å². The highest BCUT2D eigenvalue weighted by Crippen LogP contribution is 2.16. The van der Waals surface area contributed by atoms with E-state index in [0.29, 0.717) is 19.3 Å². The first-order valence-corrected chi connectivity index (χ1v) is 24.4. The molecule has 0 fully saturated rings. The molecule has 0 aromatic heterocycles. The molecule has 1 atom stereocenters. The van der Waals surface area contributed by atoms with Crippen molar-refractivity contribution in [3.63, 3.8) is 0 Å². The molecule has 55 heavy (non-hydrogen) atoms. The fourth-order valence-corrected chi connectivity index (χ4v) is 7.33. The quantitative estimate of drug-likeness (QED) is 0.0348.